The normalized spacial score (nSPS) is 20.1. The molecule has 16 heterocycles. The van der Waals surface area contributed by atoms with Crippen LogP contribution in [0.3, 0.4) is 0 Å². The highest BCUT2D eigenvalue weighted by molar-refractivity contribution is 9.10. The molecular weight excluding hydrogens is 1720 g/mol. The van der Waals surface area contributed by atoms with Crippen LogP contribution in [-0.2, 0) is 12.8 Å². The largest absolute Gasteiger partial charge is 0.366 e. The van der Waals surface area contributed by atoms with Gasteiger partial charge in [0.15, 0.2) is 0 Å². The minimum atomic E-state index is -0.106. The fourth-order valence-corrected chi connectivity index (χ4v) is 25.3. The number of thiophene rings is 8. The molecule has 0 aliphatic carbocycles. The summed E-state index contributed by atoms with van der Waals surface area (Å²) in [6.45, 7) is 51.4. The van der Waals surface area contributed by atoms with Crippen LogP contribution >= 0.6 is 107 Å². The molecule has 0 fully saturated rings. The molecule has 0 radical (unpaired) electrons. The number of nitrogens with zero attached hydrogens (tertiary/aromatic N) is 11. The summed E-state index contributed by atoms with van der Waals surface area (Å²) in [5.41, 5.74) is 23.5. The molecule has 8 atom stereocenters. The van der Waals surface area contributed by atoms with Gasteiger partial charge in [-0.15, -0.1) is 90.7 Å². The van der Waals surface area contributed by atoms with Crippen LogP contribution in [0, 0.1) is 109 Å². The first-order chi connectivity index (χ1) is 57.8. The monoisotopic (exact) mass is 1850 g/mol. The molecule has 8 aliphatic heterocycles. The Bertz CT molecular complexity index is 5260. The van der Waals surface area contributed by atoms with E-state index in [9.17, 15) is 4.39 Å². The molecule has 16 rings (SSSR count). The van der Waals surface area contributed by atoms with Gasteiger partial charge in [-0.1, -0.05) is 61.1 Å². The van der Waals surface area contributed by atoms with Crippen molar-refractivity contribution in [2.24, 2.45) is 46.8 Å². The molecule has 0 aromatic carbocycles. The van der Waals surface area contributed by atoms with Gasteiger partial charge in [-0.2, -0.15) is 0 Å². The highest BCUT2D eigenvalue weighted by Gasteiger charge is 2.30. The molecule has 1 N–H and O–H groups in total. The van der Waals surface area contributed by atoms with Gasteiger partial charge in [0, 0.05) is 152 Å². The molecule has 8 aromatic heterocycles. The number of hydrogen-bond donors (Lipinski definition) is 1. The lowest BCUT2D eigenvalue weighted by Gasteiger charge is -2.29. The molecule has 0 saturated heterocycles. The Hall–Kier alpha value is -7.64. The average Bonchev–Trinajstić information content (AvgIpc) is 1.66. The molecule has 8 aliphatic rings. The standard InChI is InChI=1S/C15H21NS.C14H19NS.C13H17NS.C12H14FNS.2C12H16N2S.C11H14N2S.C10H11BrN2S.CH4/c1-9(2)14-7-16-11(4)6-13(14)15-12(5)10(3)8-17-15;1-9(2)13-7-15-6-5-12(13)14-11(4)10(3)8-16-14;1-4-14-8-6-5-7-12(14)13-11(3)10(2)9-15-13;1-7-6-15-12(9(7)3)10-4-8(2)14-5-11(10)13;1-8-9(2)12(15-10(8)3)11-5-6-13-7-14(11)4;1-4-10-7-9(2)15-12(10)11-5-6-13-8-14(11)3;1-8-6-14-11(9(8)2)10-4-5-12-7-13(10)3;1-2-7-5-8(11)10(14-7)9-3-4-12-6-13-9;/h7-9,13H,6H2,1-5H3;6-9,12H,5H2,1-4H3;5-9,12H,4H2,1-3H3;5-6,10H,4H2,1-3H3;5-7,11H,1-4H3;5-8,11H,4H2,1-3H3;4-7,10H,1-3H3;3-6,9H,2H2,1H3,(H,12,13);1H4. The van der Waals surface area contributed by atoms with Gasteiger partial charge in [-0.05, 0) is 337 Å². The number of allylic oxidation sites excluding steroid dienone is 5. The van der Waals surface area contributed by atoms with Gasteiger partial charge in [-0.3, -0.25) is 20.0 Å². The maximum atomic E-state index is 13.7. The van der Waals surface area contributed by atoms with Crippen molar-refractivity contribution in [3.63, 3.8) is 0 Å². The summed E-state index contributed by atoms with van der Waals surface area (Å²) in [7, 11) is 6.21. The van der Waals surface area contributed by atoms with Crippen molar-refractivity contribution in [3.8, 4) is 0 Å². The molecule has 8 unspecified atom stereocenters. The summed E-state index contributed by atoms with van der Waals surface area (Å²) in [4.78, 5) is 53.9. The van der Waals surface area contributed by atoms with Crippen LogP contribution in [0.5, 0.6) is 0 Å². The van der Waals surface area contributed by atoms with E-state index >= 15 is 0 Å². The number of likely N-dealkylation sites (N-methyl/N-ethyl adjacent to an activating group) is 4. The predicted molar refractivity (Wildman–Crippen MR) is 547 cm³/mol. The lowest BCUT2D eigenvalue weighted by molar-refractivity contribution is 0.341. The smallest absolute Gasteiger partial charge is 0.127 e. The van der Waals surface area contributed by atoms with E-state index in [1.165, 1.54) is 149 Å². The van der Waals surface area contributed by atoms with Crippen LogP contribution in [0.4, 0.5) is 4.39 Å². The van der Waals surface area contributed by atoms with E-state index in [-0.39, 0.29) is 25.2 Å². The molecule has 122 heavy (non-hydrogen) atoms. The number of halogens is 2. The highest BCUT2D eigenvalue weighted by atomic mass is 79.9. The molecular formula is C100H132BrFN12S8. The Balaban J connectivity index is 0.000000173. The third kappa shape index (κ3) is 25.8. The zero-order chi connectivity index (χ0) is 88.1. The van der Waals surface area contributed by atoms with Gasteiger partial charge in [0.2, 0.25) is 0 Å². The molecule has 0 amide bonds. The van der Waals surface area contributed by atoms with Crippen molar-refractivity contribution in [2.45, 2.75) is 247 Å². The van der Waals surface area contributed by atoms with E-state index in [4.69, 9.17) is 0 Å². The average molecular weight is 1860 g/mol. The Morgan fingerprint density at radius 1 is 0.475 bits per heavy atom. The Morgan fingerprint density at radius 2 is 0.943 bits per heavy atom. The summed E-state index contributed by atoms with van der Waals surface area (Å²) in [5.74, 6) is 2.09. The molecule has 0 bridgehead atoms. The fraction of sp³-hybridized carbons (Fsp3) is 0.430. The summed E-state index contributed by atoms with van der Waals surface area (Å²) >= 11 is 18.4. The molecule has 12 nitrogen and oxygen atoms in total. The molecule has 22 heteroatoms. The second-order valence-electron chi connectivity index (χ2n) is 32.5. The first-order valence-corrected chi connectivity index (χ1v) is 49.7. The van der Waals surface area contributed by atoms with E-state index in [0.717, 1.165) is 42.8 Å². The SMILES string of the molecule is C.CC1=NC=C(C(C)C)C(c2scc(C)c2C)C1.CC1=NC=C(F)C(c2scc(C)c2C)C1.CCN1C=CC=CC1c1scc(C)c1C.CCc1cc(Br)c(C2C=CNC=N2)s1.CCc1cc(C)sc1C1C=CN=CN1C.Cc1csc(C2C=CN=CN2C)c1C.Cc1csc(C2CC=NC=C2C(C)C)c1C.Cc1sc(C2C=CN=CN2C)c(C)c1C. The first kappa shape index (κ1) is 99.8. The summed E-state index contributed by atoms with van der Waals surface area (Å²) in [6.07, 6.45) is 44.8. The minimum Gasteiger partial charge on any atom is -0.366 e. The zero-order valence-corrected chi connectivity index (χ0v) is 84.2. The van der Waals surface area contributed by atoms with Crippen LogP contribution in [0.2, 0.25) is 0 Å². The highest BCUT2D eigenvalue weighted by Crippen LogP contribution is 2.45. The third-order valence-electron chi connectivity index (χ3n) is 23.3. The summed E-state index contributed by atoms with van der Waals surface area (Å²) in [6, 6.07) is 6.20. The Morgan fingerprint density at radius 3 is 1.39 bits per heavy atom. The third-order valence-corrected chi connectivity index (χ3v) is 34.6. The quantitative estimate of drug-likeness (QED) is 0.124. The Kier molecular flexibility index (Phi) is 38.9. The van der Waals surface area contributed by atoms with Crippen molar-refractivity contribution in [2.75, 3.05) is 27.7 Å². The number of nitrogens with one attached hydrogen (secondary N) is 1. The number of hydrogen-bond acceptors (Lipinski definition) is 20. The van der Waals surface area contributed by atoms with Crippen LogP contribution in [0.1, 0.15) is 263 Å². The second-order valence-corrected chi connectivity index (χ2v) is 41.7. The molecule has 8 aromatic rings. The van der Waals surface area contributed by atoms with Crippen LogP contribution in [0.25, 0.3) is 0 Å². The van der Waals surface area contributed by atoms with E-state index < -0.39 is 0 Å². The lowest BCUT2D eigenvalue weighted by Crippen LogP contribution is -2.23. The maximum absolute atomic E-state index is 13.7. The number of rotatable bonds is 13. The van der Waals surface area contributed by atoms with Gasteiger partial charge >= 0.3 is 0 Å². The molecule has 654 valence electrons. The number of aryl methyl sites for hydroxylation is 9. The van der Waals surface area contributed by atoms with Crippen LogP contribution in [-0.4, -0.2) is 90.3 Å². The van der Waals surface area contributed by atoms with Gasteiger partial charge in [-0.25, -0.2) is 19.4 Å². The molecule has 0 saturated carbocycles. The van der Waals surface area contributed by atoms with E-state index in [2.05, 4.69) is 349 Å². The first-order valence-electron chi connectivity index (χ1n) is 42.1. The summed E-state index contributed by atoms with van der Waals surface area (Å²) in [5, 5.41) is 14.1. The van der Waals surface area contributed by atoms with Crippen molar-refractivity contribution >= 4 is 150 Å². The van der Waals surface area contributed by atoms with E-state index in [0.29, 0.717) is 54.3 Å². The molecule has 0 spiro atoms. The van der Waals surface area contributed by atoms with Crippen molar-refractivity contribution in [1.82, 2.24) is 24.9 Å². The van der Waals surface area contributed by atoms with Crippen molar-refractivity contribution < 1.29 is 4.39 Å². The minimum absolute atomic E-state index is 0. The van der Waals surface area contributed by atoms with Crippen molar-refractivity contribution in [3.05, 3.63) is 279 Å². The van der Waals surface area contributed by atoms with Gasteiger partial charge < -0.3 is 24.9 Å². The fourth-order valence-electron chi connectivity index (χ4n) is 14.9. The number of aliphatic imine (C=N–C) groups is 7. The maximum Gasteiger partial charge on any atom is 0.127 e. The zero-order valence-electron chi connectivity index (χ0n) is 76.0. The lowest BCUT2D eigenvalue weighted by atomic mass is 9.83. The van der Waals surface area contributed by atoms with Gasteiger partial charge in [0.05, 0.1) is 61.6 Å². The van der Waals surface area contributed by atoms with Gasteiger partial charge in [0.25, 0.3) is 0 Å². The van der Waals surface area contributed by atoms with Crippen LogP contribution < -0.4 is 5.32 Å². The van der Waals surface area contributed by atoms with Gasteiger partial charge in [0.1, 0.15) is 11.9 Å². The topological polar surface area (TPSA) is 112 Å². The van der Waals surface area contributed by atoms with Crippen molar-refractivity contribution in [1.29, 1.82) is 0 Å². The van der Waals surface area contributed by atoms with E-state index in [1.807, 2.05) is 136 Å². The van der Waals surface area contributed by atoms with Crippen LogP contribution in [0.15, 0.2) is 188 Å². The summed E-state index contributed by atoms with van der Waals surface area (Å²) < 4.78 is 14.8. The predicted octanol–water partition coefficient (Wildman–Crippen LogP) is 30.4. The second kappa shape index (κ2) is 47.6. The Labute approximate surface area is 771 Å². The van der Waals surface area contributed by atoms with E-state index in [1.54, 1.807) is 17.7 Å².